The summed E-state index contributed by atoms with van der Waals surface area (Å²) in [6.45, 7) is 4.64. The minimum Gasteiger partial charge on any atom is -0.377 e. The van der Waals surface area contributed by atoms with Gasteiger partial charge in [-0.15, -0.1) is 0 Å². The van der Waals surface area contributed by atoms with E-state index in [0.717, 1.165) is 19.5 Å². The lowest BCUT2D eigenvalue weighted by atomic mass is 10.0. The van der Waals surface area contributed by atoms with Gasteiger partial charge in [-0.1, -0.05) is 0 Å². The average molecular weight is 257 g/mol. The highest BCUT2D eigenvalue weighted by molar-refractivity contribution is 5.76. The third-order valence-electron chi connectivity index (χ3n) is 3.55. The van der Waals surface area contributed by atoms with E-state index in [-0.39, 0.29) is 12.0 Å². The van der Waals surface area contributed by atoms with Crippen LogP contribution in [0.25, 0.3) is 0 Å². The molecule has 1 aliphatic heterocycles. The maximum Gasteiger partial charge on any atom is 0.225 e. The molecule has 0 radical (unpaired) electrons. The second-order valence-electron chi connectivity index (χ2n) is 5.12. The topological polar surface area (TPSA) is 58.8 Å². The SMILES string of the molecule is CCOC(CN)CC(=O)N1CCCC(N(C)C)C1. The summed E-state index contributed by atoms with van der Waals surface area (Å²) in [5, 5.41) is 0. The van der Waals surface area contributed by atoms with Crippen LogP contribution in [0.1, 0.15) is 26.2 Å². The number of nitrogens with zero attached hydrogens (tertiary/aromatic N) is 2. The van der Waals surface area contributed by atoms with Gasteiger partial charge in [0.1, 0.15) is 0 Å². The Kier molecular flexibility index (Phi) is 6.60. The van der Waals surface area contributed by atoms with Gasteiger partial charge in [-0.25, -0.2) is 0 Å². The maximum atomic E-state index is 12.2. The summed E-state index contributed by atoms with van der Waals surface area (Å²) < 4.78 is 5.44. The summed E-state index contributed by atoms with van der Waals surface area (Å²) in [5.41, 5.74) is 5.61. The van der Waals surface area contributed by atoms with Crippen LogP contribution in [-0.4, -0.2) is 68.2 Å². The largest absolute Gasteiger partial charge is 0.377 e. The molecule has 1 aliphatic rings. The Morgan fingerprint density at radius 2 is 2.28 bits per heavy atom. The van der Waals surface area contributed by atoms with E-state index in [4.69, 9.17) is 10.5 Å². The zero-order valence-corrected chi connectivity index (χ0v) is 11.9. The summed E-state index contributed by atoms with van der Waals surface area (Å²) in [6.07, 6.45) is 2.52. The predicted octanol–water partition coefficient (Wildman–Crippen LogP) is 0.293. The van der Waals surface area contributed by atoms with Crippen molar-refractivity contribution in [2.24, 2.45) is 5.73 Å². The lowest BCUT2D eigenvalue weighted by Crippen LogP contribution is -2.48. The molecular weight excluding hydrogens is 230 g/mol. The van der Waals surface area contributed by atoms with Crippen LogP contribution >= 0.6 is 0 Å². The predicted molar refractivity (Wildman–Crippen MR) is 72.4 cm³/mol. The van der Waals surface area contributed by atoms with Gasteiger partial charge in [-0.05, 0) is 33.9 Å². The first-order valence-corrected chi connectivity index (χ1v) is 6.84. The van der Waals surface area contributed by atoms with Gasteiger partial charge in [0.05, 0.1) is 12.5 Å². The van der Waals surface area contributed by atoms with Crippen LogP contribution in [0.3, 0.4) is 0 Å². The third kappa shape index (κ3) is 4.55. The van der Waals surface area contributed by atoms with Crippen molar-refractivity contribution >= 4 is 5.91 Å². The van der Waals surface area contributed by atoms with Gasteiger partial charge in [-0.2, -0.15) is 0 Å². The summed E-state index contributed by atoms with van der Waals surface area (Å²) in [6, 6.07) is 0.478. The molecule has 0 saturated carbocycles. The van der Waals surface area contributed by atoms with Crippen molar-refractivity contribution in [3.8, 4) is 0 Å². The molecule has 1 amide bonds. The molecule has 0 aromatic carbocycles. The van der Waals surface area contributed by atoms with Crippen molar-refractivity contribution in [2.75, 3.05) is 40.3 Å². The second-order valence-corrected chi connectivity index (χ2v) is 5.12. The number of carbonyl (C=O) groups is 1. The molecule has 5 nitrogen and oxygen atoms in total. The summed E-state index contributed by atoms with van der Waals surface area (Å²) in [7, 11) is 4.14. The molecule has 1 rings (SSSR count). The van der Waals surface area contributed by atoms with Crippen molar-refractivity contribution in [1.29, 1.82) is 0 Å². The summed E-state index contributed by atoms with van der Waals surface area (Å²) in [4.78, 5) is 16.3. The lowest BCUT2D eigenvalue weighted by Gasteiger charge is -2.36. The Labute approximate surface area is 110 Å². The molecule has 0 aromatic heterocycles. The van der Waals surface area contributed by atoms with E-state index in [9.17, 15) is 4.79 Å². The fourth-order valence-corrected chi connectivity index (χ4v) is 2.37. The number of carbonyl (C=O) groups excluding carboxylic acids is 1. The molecule has 1 heterocycles. The van der Waals surface area contributed by atoms with Crippen LogP contribution in [0.4, 0.5) is 0 Å². The molecule has 1 fully saturated rings. The first-order valence-electron chi connectivity index (χ1n) is 6.84. The number of piperidine rings is 1. The van der Waals surface area contributed by atoms with Gasteiger partial charge in [0.2, 0.25) is 5.91 Å². The average Bonchev–Trinajstić information content (AvgIpc) is 2.38. The quantitative estimate of drug-likeness (QED) is 0.743. The number of rotatable bonds is 6. The smallest absolute Gasteiger partial charge is 0.225 e. The summed E-state index contributed by atoms with van der Waals surface area (Å²) >= 11 is 0. The molecular formula is C13H27N3O2. The minimum atomic E-state index is -0.137. The van der Waals surface area contributed by atoms with Crippen molar-refractivity contribution in [3.05, 3.63) is 0 Å². The number of amides is 1. The van der Waals surface area contributed by atoms with Crippen LogP contribution in [0.15, 0.2) is 0 Å². The van der Waals surface area contributed by atoms with E-state index >= 15 is 0 Å². The van der Waals surface area contributed by atoms with Gasteiger partial charge in [0.25, 0.3) is 0 Å². The highest BCUT2D eigenvalue weighted by Crippen LogP contribution is 2.15. The van der Waals surface area contributed by atoms with Gasteiger partial charge in [0.15, 0.2) is 0 Å². The molecule has 2 unspecified atom stereocenters. The van der Waals surface area contributed by atoms with Gasteiger partial charge < -0.3 is 20.3 Å². The fraction of sp³-hybridized carbons (Fsp3) is 0.923. The first-order chi connectivity index (χ1) is 8.58. The van der Waals surface area contributed by atoms with Gasteiger partial charge in [-0.3, -0.25) is 4.79 Å². The molecule has 0 bridgehead atoms. The van der Waals surface area contributed by atoms with Crippen LogP contribution < -0.4 is 5.73 Å². The first kappa shape index (κ1) is 15.4. The van der Waals surface area contributed by atoms with E-state index < -0.39 is 0 Å². The number of likely N-dealkylation sites (N-methyl/N-ethyl adjacent to an activating group) is 1. The highest BCUT2D eigenvalue weighted by Gasteiger charge is 2.26. The molecule has 106 valence electrons. The number of hydrogen-bond donors (Lipinski definition) is 1. The Bertz CT molecular complexity index is 259. The molecule has 0 aliphatic carbocycles. The standard InChI is InChI=1S/C13H27N3O2/c1-4-18-12(9-14)8-13(17)16-7-5-6-11(10-16)15(2)3/h11-12H,4-10,14H2,1-3H3. The van der Waals surface area contributed by atoms with Crippen LogP contribution in [0, 0.1) is 0 Å². The van der Waals surface area contributed by atoms with Gasteiger partial charge >= 0.3 is 0 Å². The maximum absolute atomic E-state index is 12.2. The van der Waals surface area contributed by atoms with E-state index in [1.807, 2.05) is 11.8 Å². The number of hydrogen-bond acceptors (Lipinski definition) is 4. The molecule has 18 heavy (non-hydrogen) atoms. The van der Waals surface area contributed by atoms with E-state index in [2.05, 4.69) is 19.0 Å². The minimum absolute atomic E-state index is 0.137. The molecule has 2 atom stereocenters. The fourth-order valence-electron chi connectivity index (χ4n) is 2.37. The number of ether oxygens (including phenoxy) is 1. The zero-order chi connectivity index (χ0) is 13.5. The third-order valence-corrected chi connectivity index (χ3v) is 3.55. The van der Waals surface area contributed by atoms with Gasteiger partial charge in [0, 0.05) is 32.3 Å². The van der Waals surface area contributed by atoms with E-state index in [0.29, 0.717) is 25.6 Å². The van der Waals surface area contributed by atoms with Crippen LogP contribution in [-0.2, 0) is 9.53 Å². The van der Waals surface area contributed by atoms with Crippen molar-refractivity contribution in [2.45, 2.75) is 38.3 Å². The monoisotopic (exact) mass is 257 g/mol. The normalized spacial score (nSPS) is 22.3. The Balaban J connectivity index is 2.45. The van der Waals surface area contributed by atoms with Crippen molar-refractivity contribution in [1.82, 2.24) is 9.80 Å². The Morgan fingerprint density at radius 1 is 1.56 bits per heavy atom. The zero-order valence-electron chi connectivity index (χ0n) is 11.9. The van der Waals surface area contributed by atoms with E-state index in [1.165, 1.54) is 6.42 Å². The molecule has 5 heteroatoms. The second kappa shape index (κ2) is 7.71. The lowest BCUT2D eigenvalue weighted by molar-refractivity contribution is -0.136. The number of likely N-dealkylation sites (tertiary alicyclic amines) is 1. The Hall–Kier alpha value is -0.650. The van der Waals surface area contributed by atoms with E-state index in [1.54, 1.807) is 0 Å². The van der Waals surface area contributed by atoms with Crippen LogP contribution in [0.5, 0.6) is 0 Å². The molecule has 0 aromatic rings. The van der Waals surface area contributed by atoms with Crippen LogP contribution in [0.2, 0.25) is 0 Å². The molecule has 0 spiro atoms. The number of nitrogens with two attached hydrogens (primary N) is 1. The van der Waals surface area contributed by atoms with Crippen molar-refractivity contribution < 1.29 is 9.53 Å². The highest BCUT2D eigenvalue weighted by atomic mass is 16.5. The van der Waals surface area contributed by atoms with Crippen molar-refractivity contribution in [3.63, 3.8) is 0 Å². The summed E-state index contributed by atoms with van der Waals surface area (Å²) in [5.74, 6) is 0.172. The molecule has 2 N–H and O–H groups in total. The molecule has 1 saturated heterocycles. The Morgan fingerprint density at radius 3 is 2.83 bits per heavy atom.